The van der Waals surface area contributed by atoms with Crippen LogP contribution in [0.2, 0.25) is 0 Å². The first-order chi connectivity index (χ1) is 8.76. The van der Waals surface area contributed by atoms with Gasteiger partial charge in [0.25, 0.3) is 5.91 Å². The number of aromatic nitrogens is 2. The summed E-state index contributed by atoms with van der Waals surface area (Å²) < 4.78 is 3.89. The number of amides is 1. The van der Waals surface area contributed by atoms with Crippen LogP contribution in [0.25, 0.3) is 0 Å². The molecule has 1 saturated carbocycles. The van der Waals surface area contributed by atoms with Gasteiger partial charge in [0.2, 0.25) is 0 Å². The van der Waals surface area contributed by atoms with Gasteiger partial charge in [0.1, 0.15) is 4.88 Å². The lowest BCUT2D eigenvalue weighted by atomic mass is 10.2. The van der Waals surface area contributed by atoms with Crippen LogP contribution in [-0.2, 0) is 6.42 Å². The van der Waals surface area contributed by atoms with Gasteiger partial charge in [0.05, 0.1) is 12.2 Å². The van der Waals surface area contributed by atoms with Crippen LogP contribution in [0.4, 0.5) is 0 Å². The zero-order valence-corrected chi connectivity index (χ0v) is 11.4. The summed E-state index contributed by atoms with van der Waals surface area (Å²) in [6, 6.07) is 0. The third kappa shape index (κ3) is 3.08. The quantitative estimate of drug-likeness (QED) is 0.737. The largest absolute Gasteiger partial charge is 0.326 e. The first-order valence-electron chi connectivity index (χ1n) is 6.30. The van der Waals surface area contributed by atoms with Crippen LogP contribution in [0.5, 0.6) is 0 Å². The molecule has 1 aliphatic carbocycles. The Morgan fingerprint density at radius 1 is 1.61 bits per heavy atom. The van der Waals surface area contributed by atoms with Crippen LogP contribution in [-0.4, -0.2) is 33.5 Å². The molecule has 0 atom stereocenters. The third-order valence-electron chi connectivity index (χ3n) is 2.98. The fraction of sp³-hybridized carbons (Fsp3) is 0.615. The summed E-state index contributed by atoms with van der Waals surface area (Å²) in [5, 5.41) is 4.03. The van der Waals surface area contributed by atoms with Crippen molar-refractivity contribution in [3.63, 3.8) is 0 Å². The van der Waals surface area contributed by atoms with E-state index in [0.29, 0.717) is 17.3 Å². The number of hydrogen-bond donors (Lipinski definition) is 0. The summed E-state index contributed by atoms with van der Waals surface area (Å²) in [5.74, 6) is 3.20. The summed E-state index contributed by atoms with van der Waals surface area (Å²) in [6.45, 7) is 3.21. The standard InChI is InChI=1S/C13H17N3OS/c1-3-5-11-12(18-15-14-11)13(17)16(8-4-2)9-10-6-7-10/h2,10H,3,5-9H2,1H3. The summed E-state index contributed by atoms with van der Waals surface area (Å²) in [4.78, 5) is 14.8. The molecule has 0 unspecified atom stereocenters. The third-order valence-corrected chi connectivity index (χ3v) is 3.74. The zero-order valence-electron chi connectivity index (χ0n) is 10.6. The number of aryl methyl sites for hydroxylation is 1. The number of hydrogen-bond acceptors (Lipinski definition) is 4. The molecule has 0 radical (unpaired) electrons. The average Bonchev–Trinajstić information content (AvgIpc) is 3.06. The molecule has 4 nitrogen and oxygen atoms in total. The van der Waals surface area contributed by atoms with Crippen molar-refractivity contribution in [1.82, 2.24) is 14.5 Å². The van der Waals surface area contributed by atoms with Crippen molar-refractivity contribution in [3.8, 4) is 12.3 Å². The molecular weight excluding hydrogens is 246 g/mol. The fourth-order valence-electron chi connectivity index (χ4n) is 1.86. The fourth-order valence-corrected chi connectivity index (χ4v) is 2.53. The predicted molar refractivity (Wildman–Crippen MR) is 71.4 cm³/mol. The second-order valence-electron chi connectivity index (χ2n) is 4.63. The summed E-state index contributed by atoms with van der Waals surface area (Å²) in [5.41, 5.74) is 0.810. The van der Waals surface area contributed by atoms with Gasteiger partial charge in [-0.1, -0.05) is 23.8 Å². The van der Waals surface area contributed by atoms with Crippen molar-refractivity contribution >= 4 is 17.4 Å². The van der Waals surface area contributed by atoms with E-state index in [-0.39, 0.29) is 5.91 Å². The van der Waals surface area contributed by atoms with Crippen LogP contribution < -0.4 is 0 Å². The summed E-state index contributed by atoms with van der Waals surface area (Å²) >= 11 is 1.18. The highest BCUT2D eigenvalue weighted by Crippen LogP contribution is 2.30. The molecule has 1 fully saturated rings. The monoisotopic (exact) mass is 263 g/mol. The van der Waals surface area contributed by atoms with E-state index in [0.717, 1.165) is 25.1 Å². The number of carbonyl (C=O) groups is 1. The van der Waals surface area contributed by atoms with Gasteiger partial charge in [0.15, 0.2) is 0 Å². The van der Waals surface area contributed by atoms with Gasteiger partial charge in [-0.25, -0.2) is 0 Å². The number of rotatable bonds is 6. The van der Waals surface area contributed by atoms with Gasteiger partial charge < -0.3 is 4.90 Å². The van der Waals surface area contributed by atoms with E-state index < -0.39 is 0 Å². The topological polar surface area (TPSA) is 46.1 Å². The molecule has 1 heterocycles. The Balaban J connectivity index is 2.10. The molecule has 0 N–H and O–H groups in total. The van der Waals surface area contributed by atoms with Gasteiger partial charge in [-0.15, -0.1) is 11.5 Å². The van der Waals surface area contributed by atoms with E-state index >= 15 is 0 Å². The lowest BCUT2D eigenvalue weighted by Crippen LogP contribution is -2.33. The van der Waals surface area contributed by atoms with Gasteiger partial charge in [-0.2, -0.15) is 0 Å². The van der Waals surface area contributed by atoms with E-state index in [9.17, 15) is 4.79 Å². The van der Waals surface area contributed by atoms with Crippen molar-refractivity contribution in [2.45, 2.75) is 32.6 Å². The molecule has 96 valence electrons. The van der Waals surface area contributed by atoms with E-state index in [1.165, 1.54) is 24.4 Å². The molecule has 0 aromatic carbocycles. The molecule has 1 amide bonds. The first kappa shape index (κ1) is 13.0. The minimum atomic E-state index is -0.00157. The molecule has 0 saturated heterocycles. The zero-order chi connectivity index (χ0) is 13.0. The Kier molecular flexibility index (Phi) is 4.32. The molecule has 1 aliphatic rings. The van der Waals surface area contributed by atoms with Crippen LogP contribution in [0.15, 0.2) is 0 Å². The lowest BCUT2D eigenvalue weighted by Gasteiger charge is -2.19. The van der Waals surface area contributed by atoms with E-state index in [4.69, 9.17) is 6.42 Å². The molecular formula is C13H17N3OS. The normalized spacial score (nSPS) is 14.2. The van der Waals surface area contributed by atoms with Gasteiger partial charge in [0, 0.05) is 6.54 Å². The predicted octanol–water partition coefficient (Wildman–Crippen LogP) is 1.98. The Bertz CT molecular complexity index is 459. The average molecular weight is 263 g/mol. The van der Waals surface area contributed by atoms with E-state index in [1.54, 1.807) is 4.90 Å². The number of nitrogens with zero attached hydrogens (tertiary/aromatic N) is 3. The number of terminal acetylenes is 1. The molecule has 0 bridgehead atoms. The molecule has 0 spiro atoms. The van der Waals surface area contributed by atoms with Gasteiger partial charge in [-0.05, 0) is 36.7 Å². The maximum absolute atomic E-state index is 12.4. The minimum Gasteiger partial charge on any atom is -0.326 e. The lowest BCUT2D eigenvalue weighted by molar-refractivity contribution is 0.0773. The highest BCUT2D eigenvalue weighted by Gasteiger charge is 2.28. The Morgan fingerprint density at radius 2 is 2.39 bits per heavy atom. The van der Waals surface area contributed by atoms with Crippen LogP contribution in [0.1, 0.15) is 41.6 Å². The van der Waals surface area contributed by atoms with Crippen molar-refractivity contribution < 1.29 is 4.79 Å². The molecule has 1 aromatic heterocycles. The van der Waals surface area contributed by atoms with Gasteiger partial charge >= 0.3 is 0 Å². The summed E-state index contributed by atoms with van der Waals surface area (Å²) in [6.07, 6.45) is 9.51. The molecule has 5 heteroatoms. The molecule has 18 heavy (non-hydrogen) atoms. The van der Waals surface area contributed by atoms with Crippen LogP contribution in [0.3, 0.4) is 0 Å². The second-order valence-corrected chi connectivity index (χ2v) is 5.39. The van der Waals surface area contributed by atoms with E-state index in [1.807, 2.05) is 0 Å². The maximum Gasteiger partial charge on any atom is 0.268 e. The minimum absolute atomic E-state index is 0.00157. The maximum atomic E-state index is 12.4. The Morgan fingerprint density at radius 3 is 3.00 bits per heavy atom. The van der Waals surface area contributed by atoms with Crippen molar-refractivity contribution in [2.75, 3.05) is 13.1 Å². The van der Waals surface area contributed by atoms with Crippen LogP contribution in [0, 0.1) is 18.3 Å². The van der Waals surface area contributed by atoms with Crippen molar-refractivity contribution in [2.24, 2.45) is 5.92 Å². The molecule has 2 rings (SSSR count). The number of carbonyl (C=O) groups excluding carboxylic acids is 1. The Hall–Kier alpha value is -1.41. The molecule has 1 aromatic rings. The SMILES string of the molecule is C#CCN(CC1CC1)C(=O)c1snnc1CCC. The molecule has 0 aliphatic heterocycles. The van der Waals surface area contributed by atoms with Crippen molar-refractivity contribution in [3.05, 3.63) is 10.6 Å². The second kappa shape index (κ2) is 5.96. The highest BCUT2D eigenvalue weighted by molar-refractivity contribution is 7.08. The smallest absolute Gasteiger partial charge is 0.268 e. The van der Waals surface area contributed by atoms with Crippen molar-refractivity contribution in [1.29, 1.82) is 0 Å². The first-order valence-corrected chi connectivity index (χ1v) is 7.07. The Labute approximate surface area is 112 Å². The highest BCUT2D eigenvalue weighted by atomic mass is 32.1. The van der Waals surface area contributed by atoms with E-state index in [2.05, 4.69) is 22.4 Å². The summed E-state index contributed by atoms with van der Waals surface area (Å²) in [7, 11) is 0. The van der Waals surface area contributed by atoms with Gasteiger partial charge in [-0.3, -0.25) is 4.79 Å². The van der Waals surface area contributed by atoms with Crippen LogP contribution >= 0.6 is 11.5 Å².